The summed E-state index contributed by atoms with van der Waals surface area (Å²) in [5.41, 5.74) is 0. The first-order valence-electron chi connectivity index (χ1n) is 4.90. The average molecular weight is 212 g/mol. The summed E-state index contributed by atoms with van der Waals surface area (Å²) in [6.07, 6.45) is -0.676. The van der Waals surface area contributed by atoms with Crippen molar-refractivity contribution < 1.29 is 19.7 Å². The van der Waals surface area contributed by atoms with Gasteiger partial charge < -0.3 is 19.7 Å². The summed E-state index contributed by atoms with van der Waals surface area (Å²) in [6.45, 7) is 2.77. The van der Waals surface area contributed by atoms with Crippen molar-refractivity contribution in [3.63, 3.8) is 0 Å². The number of hydrogen-bond acceptors (Lipinski definition) is 4. The molecule has 0 aliphatic rings. The summed E-state index contributed by atoms with van der Waals surface area (Å²) >= 11 is 0. The van der Waals surface area contributed by atoms with Gasteiger partial charge in [0.05, 0.1) is 6.61 Å². The van der Waals surface area contributed by atoms with E-state index in [0.717, 1.165) is 0 Å². The predicted octanol–water partition coefficient (Wildman–Crippen LogP) is 1.17. The number of phenols is 1. The Morgan fingerprint density at radius 1 is 1.27 bits per heavy atom. The summed E-state index contributed by atoms with van der Waals surface area (Å²) in [6, 6.07) is 6.63. The van der Waals surface area contributed by atoms with Crippen molar-refractivity contribution in [3.05, 3.63) is 24.3 Å². The van der Waals surface area contributed by atoms with Gasteiger partial charge in [-0.3, -0.25) is 0 Å². The van der Waals surface area contributed by atoms with Gasteiger partial charge in [0, 0.05) is 6.61 Å². The standard InChI is InChI=1S/C11H16O4/c1-2-14-7-9(12)8-15-11-6-4-3-5-10(11)13/h3-6,9,12-13H,2,7-8H2,1H3. The number of rotatable bonds is 6. The van der Waals surface area contributed by atoms with Crippen LogP contribution in [0.1, 0.15) is 6.92 Å². The SMILES string of the molecule is CCOCC(O)COc1ccccc1O. The van der Waals surface area contributed by atoms with Crippen LogP contribution in [-0.4, -0.2) is 36.1 Å². The average Bonchev–Trinajstić information content (AvgIpc) is 2.25. The van der Waals surface area contributed by atoms with E-state index in [2.05, 4.69) is 0 Å². The van der Waals surface area contributed by atoms with E-state index in [-0.39, 0.29) is 19.0 Å². The quantitative estimate of drug-likeness (QED) is 0.743. The normalized spacial score (nSPS) is 12.4. The fourth-order valence-corrected chi connectivity index (χ4v) is 1.07. The van der Waals surface area contributed by atoms with Crippen LogP contribution in [0, 0.1) is 0 Å². The smallest absolute Gasteiger partial charge is 0.161 e. The third-order valence-electron chi connectivity index (χ3n) is 1.81. The van der Waals surface area contributed by atoms with Crippen molar-refractivity contribution in [3.8, 4) is 11.5 Å². The molecule has 0 aliphatic heterocycles. The van der Waals surface area contributed by atoms with Crippen LogP contribution in [0.3, 0.4) is 0 Å². The molecule has 4 heteroatoms. The summed E-state index contributed by atoms with van der Waals surface area (Å²) in [7, 11) is 0. The molecule has 2 N–H and O–H groups in total. The lowest BCUT2D eigenvalue weighted by atomic mass is 10.3. The molecule has 0 amide bonds. The zero-order valence-corrected chi connectivity index (χ0v) is 8.72. The molecule has 0 bridgehead atoms. The summed E-state index contributed by atoms with van der Waals surface area (Å²) < 4.78 is 10.2. The zero-order chi connectivity index (χ0) is 11.1. The molecule has 4 nitrogen and oxygen atoms in total. The van der Waals surface area contributed by atoms with Gasteiger partial charge in [-0.1, -0.05) is 12.1 Å². The van der Waals surface area contributed by atoms with Crippen molar-refractivity contribution in [2.45, 2.75) is 13.0 Å². The lowest BCUT2D eigenvalue weighted by Crippen LogP contribution is -2.23. The third-order valence-corrected chi connectivity index (χ3v) is 1.81. The number of aromatic hydroxyl groups is 1. The van der Waals surface area contributed by atoms with E-state index >= 15 is 0 Å². The number of para-hydroxylation sites is 2. The number of aliphatic hydroxyl groups is 1. The van der Waals surface area contributed by atoms with E-state index in [9.17, 15) is 10.2 Å². The molecule has 1 rings (SSSR count). The summed E-state index contributed by atoms with van der Waals surface area (Å²) in [5.74, 6) is 0.439. The van der Waals surface area contributed by atoms with Crippen molar-refractivity contribution >= 4 is 0 Å². The summed E-state index contributed by atoms with van der Waals surface area (Å²) in [4.78, 5) is 0. The maximum absolute atomic E-state index is 9.40. The second kappa shape index (κ2) is 6.27. The first kappa shape index (κ1) is 11.8. The van der Waals surface area contributed by atoms with Crippen molar-refractivity contribution in [1.82, 2.24) is 0 Å². The molecule has 1 atom stereocenters. The van der Waals surface area contributed by atoms with Gasteiger partial charge in [-0.25, -0.2) is 0 Å². The van der Waals surface area contributed by atoms with Crippen molar-refractivity contribution in [2.75, 3.05) is 19.8 Å². The minimum absolute atomic E-state index is 0.0705. The molecule has 0 aromatic heterocycles. The highest BCUT2D eigenvalue weighted by Crippen LogP contribution is 2.24. The molecule has 1 aromatic carbocycles. The minimum atomic E-state index is -0.676. The van der Waals surface area contributed by atoms with Gasteiger partial charge in [0.2, 0.25) is 0 Å². The van der Waals surface area contributed by atoms with Crippen molar-refractivity contribution in [1.29, 1.82) is 0 Å². The first-order valence-corrected chi connectivity index (χ1v) is 4.90. The Bertz CT molecular complexity index is 288. The van der Waals surface area contributed by atoms with Crippen LogP contribution in [0.15, 0.2) is 24.3 Å². The Morgan fingerprint density at radius 2 is 2.00 bits per heavy atom. The van der Waals surface area contributed by atoms with E-state index in [1.807, 2.05) is 6.92 Å². The minimum Gasteiger partial charge on any atom is -0.504 e. The lowest BCUT2D eigenvalue weighted by molar-refractivity contribution is 0.0160. The Kier molecular flexibility index (Phi) is 4.93. The van der Waals surface area contributed by atoms with Crippen LogP contribution < -0.4 is 4.74 Å². The molecular weight excluding hydrogens is 196 g/mol. The predicted molar refractivity (Wildman–Crippen MR) is 56.1 cm³/mol. The molecule has 1 aromatic rings. The maximum Gasteiger partial charge on any atom is 0.161 e. The highest BCUT2D eigenvalue weighted by atomic mass is 16.5. The van der Waals surface area contributed by atoms with Gasteiger partial charge in [-0.05, 0) is 19.1 Å². The third kappa shape index (κ3) is 4.18. The molecule has 0 saturated carbocycles. The molecule has 0 aliphatic carbocycles. The highest BCUT2D eigenvalue weighted by molar-refractivity contribution is 5.37. The second-order valence-electron chi connectivity index (χ2n) is 3.09. The number of ether oxygens (including phenoxy) is 2. The molecule has 0 saturated heterocycles. The van der Waals surface area contributed by atoms with Gasteiger partial charge in [0.1, 0.15) is 12.7 Å². The fourth-order valence-electron chi connectivity index (χ4n) is 1.07. The molecule has 0 fully saturated rings. The van der Waals surface area contributed by atoms with E-state index in [0.29, 0.717) is 12.4 Å². The molecule has 0 radical (unpaired) electrons. The lowest BCUT2D eigenvalue weighted by Gasteiger charge is -2.12. The number of benzene rings is 1. The largest absolute Gasteiger partial charge is 0.504 e. The van der Waals surface area contributed by atoms with Gasteiger partial charge in [0.25, 0.3) is 0 Å². The molecule has 15 heavy (non-hydrogen) atoms. The Hall–Kier alpha value is -1.26. The van der Waals surface area contributed by atoms with Gasteiger partial charge in [-0.15, -0.1) is 0 Å². The maximum atomic E-state index is 9.40. The van der Waals surface area contributed by atoms with Crippen LogP contribution in [0.2, 0.25) is 0 Å². The van der Waals surface area contributed by atoms with Crippen LogP contribution >= 0.6 is 0 Å². The zero-order valence-electron chi connectivity index (χ0n) is 8.72. The molecule has 0 spiro atoms. The van der Waals surface area contributed by atoms with E-state index in [1.165, 1.54) is 6.07 Å². The Balaban J connectivity index is 2.33. The van der Waals surface area contributed by atoms with E-state index in [4.69, 9.17) is 9.47 Å². The number of hydrogen-bond donors (Lipinski definition) is 2. The van der Waals surface area contributed by atoms with Crippen molar-refractivity contribution in [2.24, 2.45) is 0 Å². The fraction of sp³-hybridized carbons (Fsp3) is 0.455. The van der Waals surface area contributed by atoms with Crippen LogP contribution in [0.5, 0.6) is 11.5 Å². The van der Waals surface area contributed by atoms with Crippen LogP contribution in [0.25, 0.3) is 0 Å². The number of aliphatic hydroxyl groups excluding tert-OH is 1. The molecule has 1 unspecified atom stereocenters. The van der Waals surface area contributed by atoms with E-state index < -0.39 is 6.10 Å². The monoisotopic (exact) mass is 212 g/mol. The van der Waals surface area contributed by atoms with Gasteiger partial charge in [0.15, 0.2) is 11.5 Å². The van der Waals surface area contributed by atoms with Crippen LogP contribution in [-0.2, 0) is 4.74 Å². The highest BCUT2D eigenvalue weighted by Gasteiger charge is 2.06. The second-order valence-corrected chi connectivity index (χ2v) is 3.09. The Labute approximate surface area is 89.1 Å². The van der Waals surface area contributed by atoms with Gasteiger partial charge >= 0.3 is 0 Å². The Morgan fingerprint density at radius 3 is 2.67 bits per heavy atom. The molecule has 84 valence electrons. The summed E-state index contributed by atoms with van der Waals surface area (Å²) in [5, 5.41) is 18.8. The first-order chi connectivity index (χ1) is 7.24. The van der Waals surface area contributed by atoms with Crippen LogP contribution in [0.4, 0.5) is 0 Å². The van der Waals surface area contributed by atoms with Gasteiger partial charge in [-0.2, -0.15) is 0 Å². The molecular formula is C11H16O4. The number of phenolic OH excluding ortho intramolecular Hbond substituents is 1. The molecule has 0 heterocycles. The topological polar surface area (TPSA) is 58.9 Å². The van der Waals surface area contributed by atoms with E-state index in [1.54, 1.807) is 18.2 Å².